The van der Waals surface area contributed by atoms with Gasteiger partial charge in [0.15, 0.2) is 0 Å². The summed E-state index contributed by atoms with van der Waals surface area (Å²) in [6.45, 7) is 3.44. The average Bonchev–Trinajstić information content (AvgIpc) is 2.56. The van der Waals surface area contributed by atoms with Crippen molar-refractivity contribution in [3.05, 3.63) is 35.9 Å². The molecule has 0 bridgehead atoms. The van der Waals surface area contributed by atoms with Crippen LogP contribution in [-0.2, 0) is 16.8 Å². The predicted octanol–water partition coefficient (Wildman–Crippen LogP) is 0.657. The molecule has 6 nitrogen and oxygen atoms in total. The van der Waals surface area contributed by atoms with Crippen molar-refractivity contribution in [2.24, 2.45) is 5.92 Å². The fraction of sp³-hybridized carbons (Fsp3) is 0.625. The van der Waals surface area contributed by atoms with Gasteiger partial charge in [0.25, 0.3) is 10.2 Å². The lowest BCUT2D eigenvalue weighted by atomic mass is 9.99. The Morgan fingerprint density at radius 1 is 1.35 bits per heavy atom. The molecule has 1 heterocycles. The van der Waals surface area contributed by atoms with Crippen LogP contribution in [0.4, 0.5) is 0 Å². The van der Waals surface area contributed by atoms with Gasteiger partial charge in [-0.05, 0) is 30.9 Å². The van der Waals surface area contributed by atoms with E-state index in [1.165, 1.54) is 4.31 Å². The topological polar surface area (TPSA) is 72.9 Å². The first-order valence-corrected chi connectivity index (χ1v) is 9.53. The highest BCUT2D eigenvalue weighted by atomic mass is 32.2. The molecule has 1 aliphatic heterocycles. The molecule has 1 aromatic carbocycles. The van der Waals surface area contributed by atoms with Crippen LogP contribution in [0.3, 0.4) is 0 Å². The zero-order chi connectivity index (χ0) is 16.7. The number of likely N-dealkylation sites (tertiary alicyclic amines) is 1. The van der Waals surface area contributed by atoms with E-state index in [0.717, 1.165) is 31.5 Å². The molecule has 1 saturated heterocycles. The average molecular weight is 341 g/mol. The van der Waals surface area contributed by atoms with E-state index in [2.05, 4.69) is 9.62 Å². The van der Waals surface area contributed by atoms with Gasteiger partial charge in [0.05, 0.1) is 0 Å². The molecular formula is C16H27N3O3S. The maximum absolute atomic E-state index is 12.3. The van der Waals surface area contributed by atoms with Crippen molar-refractivity contribution in [3.8, 4) is 0 Å². The number of hydrogen-bond donors (Lipinski definition) is 2. The van der Waals surface area contributed by atoms with E-state index < -0.39 is 10.2 Å². The largest absolute Gasteiger partial charge is 0.396 e. The molecule has 0 unspecified atom stereocenters. The minimum atomic E-state index is -3.47. The number of hydrogen-bond acceptors (Lipinski definition) is 4. The highest BCUT2D eigenvalue weighted by molar-refractivity contribution is 7.87. The van der Waals surface area contributed by atoms with E-state index in [1.54, 1.807) is 7.05 Å². The first kappa shape index (κ1) is 18.4. The van der Waals surface area contributed by atoms with Crippen molar-refractivity contribution < 1.29 is 13.5 Å². The van der Waals surface area contributed by atoms with Crippen molar-refractivity contribution in [2.45, 2.75) is 19.4 Å². The standard InChI is InChI=1S/C16H27N3O3S/c1-18(12-15-6-3-2-4-7-15)23(21,22)17-9-11-19-10-5-8-16(13-19)14-20/h2-4,6-7,16-17,20H,5,8-14H2,1H3/t16-/m1/s1. The maximum Gasteiger partial charge on any atom is 0.279 e. The summed E-state index contributed by atoms with van der Waals surface area (Å²) in [6.07, 6.45) is 2.12. The Morgan fingerprint density at radius 3 is 2.78 bits per heavy atom. The number of aliphatic hydroxyl groups is 1. The first-order chi connectivity index (χ1) is 11.0. The zero-order valence-corrected chi connectivity index (χ0v) is 14.5. The van der Waals surface area contributed by atoms with Gasteiger partial charge in [-0.25, -0.2) is 4.72 Å². The summed E-state index contributed by atoms with van der Waals surface area (Å²) in [5.74, 6) is 0.320. The lowest BCUT2D eigenvalue weighted by Crippen LogP contribution is -2.44. The van der Waals surface area contributed by atoms with E-state index in [1.807, 2.05) is 30.3 Å². The molecule has 0 saturated carbocycles. The molecule has 23 heavy (non-hydrogen) atoms. The molecule has 0 radical (unpaired) electrons. The number of nitrogens with zero attached hydrogens (tertiary/aromatic N) is 2. The van der Waals surface area contributed by atoms with Gasteiger partial charge >= 0.3 is 0 Å². The molecule has 0 aromatic heterocycles. The van der Waals surface area contributed by atoms with Gasteiger partial charge in [0.1, 0.15) is 0 Å². The second-order valence-electron chi connectivity index (χ2n) is 6.13. The van der Waals surface area contributed by atoms with Crippen LogP contribution < -0.4 is 4.72 Å². The van der Waals surface area contributed by atoms with E-state index in [9.17, 15) is 13.5 Å². The summed E-state index contributed by atoms with van der Waals surface area (Å²) in [7, 11) is -1.89. The molecule has 1 atom stereocenters. The minimum Gasteiger partial charge on any atom is -0.396 e. The van der Waals surface area contributed by atoms with E-state index in [0.29, 0.717) is 25.6 Å². The minimum absolute atomic E-state index is 0.210. The quantitative estimate of drug-likeness (QED) is 0.728. The lowest BCUT2D eigenvalue weighted by Gasteiger charge is -2.31. The number of nitrogens with one attached hydrogen (secondary N) is 1. The Hall–Kier alpha value is -0.990. The van der Waals surface area contributed by atoms with Crippen molar-refractivity contribution >= 4 is 10.2 Å². The predicted molar refractivity (Wildman–Crippen MR) is 91.1 cm³/mol. The highest BCUT2D eigenvalue weighted by Gasteiger charge is 2.21. The summed E-state index contributed by atoms with van der Waals surface area (Å²) in [6, 6.07) is 9.53. The number of benzene rings is 1. The first-order valence-electron chi connectivity index (χ1n) is 8.09. The second kappa shape index (κ2) is 8.75. The van der Waals surface area contributed by atoms with Gasteiger partial charge < -0.3 is 10.0 Å². The third-order valence-corrected chi connectivity index (χ3v) is 5.75. The summed E-state index contributed by atoms with van der Waals surface area (Å²) in [5, 5.41) is 9.23. The Morgan fingerprint density at radius 2 is 2.09 bits per heavy atom. The highest BCUT2D eigenvalue weighted by Crippen LogP contribution is 2.15. The van der Waals surface area contributed by atoms with E-state index in [-0.39, 0.29) is 6.61 Å². The van der Waals surface area contributed by atoms with Crippen LogP contribution in [0.1, 0.15) is 18.4 Å². The number of piperidine rings is 1. The lowest BCUT2D eigenvalue weighted by molar-refractivity contribution is 0.122. The molecule has 1 fully saturated rings. The third-order valence-electron chi connectivity index (χ3n) is 4.23. The smallest absolute Gasteiger partial charge is 0.279 e. The maximum atomic E-state index is 12.3. The third kappa shape index (κ3) is 5.86. The normalized spacial score (nSPS) is 20.0. The molecule has 2 N–H and O–H groups in total. The Balaban J connectivity index is 1.77. The van der Waals surface area contributed by atoms with Gasteiger partial charge in [0, 0.05) is 39.8 Å². The summed E-state index contributed by atoms with van der Waals surface area (Å²) >= 11 is 0. The molecule has 2 rings (SSSR count). The SMILES string of the molecule is CN(Cc1ccccc1)S(=O)(=O)NCCN1CCC[C@@H](CO)C1. The van der Waals surface area contributed by atoms with Gasteiger partial charge in [-0.1, -0.05) is 30.3 Å². The van der Waals surface area contributed by atoms with Gasteiger partial charge in [-0.3, -0.25) is 0 Å². The van der Waals surface area contributed by atoms with E-state index >= 15 is 0 Å². The van der Waals surface area contributed by atoms with Gasteiger partial charge in [-0.2, -0.15) is 12.7 Å². The van der Waals surface area contributed by atoms with Crippen LogP contribution in [-0.4, -0.2) is 62.6 Å². The molecule has 7 heteroatoms. The van der Waals surface area contributed by atoms with Crippen LogP contribution in [0.15, 0.2) is 30.3 Å². The molecule has 130 valence electrons. The number of aliphatic hydroxyl groups excluding tert-OH is 1. The fourth-order valence-corrected chi connectivity index (χ4v) is 3.76. The summed E-state index contributed by atoms with van der Waals surface area (Å²) < 4.78 is 28.5. The molecule has 1 aliphatic rings. The van der Waals surface area contributed by atoms with Crippen LogP contribution in [0, 0.1) is 5.92 Å². The molecule has 1 aromatic rings. The fourth-order valence-electron chi connectivity index (χ4n) is 2.87. The Labute approximate surface area is 139 Å². The number of rotatable bonds is 8. The zero-order valence-electron chi connectivity index (χ0n) is 13.7. The molecule has 0 amide bonds. The summed E-state index contributed by atoms with van der Waals surface area (Å²) in [5.41, 5.74) is 0.960. The Bertz CT molecular complexity index is 565. The van der Waals surface area contributed by atoms with Gasteiger partial charge in [0.2, 0.25) is 0 Å². The van der Waals surface area contributed by atoms with Crippen molar-refractivity contribution in [1.82, 2.24) is 13.9 Å². The Kier molecular flexibility index (Phi) is 6.98. The van der Waals surface area contributed by atoms with E-state index in [4.69, 9.17) is 0 Å². The van der Waals surface area contributed by atoms with Crippen molar-refractivity contribution in [1.29, 1.82) is 0 Å². The molecule has 0 aliphatic carbocycles. The van der Waals surface area contributed by atoms with Gasteiger partial charge in [-0.15, -0.1) is 0 Å². The van der Waals surface area contributed by atoms with Crippen molar-refractivity contribution in [3.63, 3.8) is 0 Å². The second-order valence-corrected chi connectivity index (χ2v) is 7.99. The van der Waals surface area contributed by atoms with Crippen LogP contribution >= 0.6 is 0 Å². The van der Waals surface area contributed by atoms with Crippen LogP contribution in [0.5, 0.6) is 0 Å². The van der Waals surface area contributed by atoms with Crippen LogP contribution in [0.2, 0.25) is 0 Å². The molecular weight excluding hydrogens is 314 g/mol. The monoisotopic (exact) mass is 341 g/mol. The van der Waals surface area contributed by atoms with Crippen LogP contribution in [0.25, 0.3) is 0 Å². The van der Waals surface area contributed by atoms with Crippen molar-refractivity contribution in [2.75, 3.05) is 39.8 Å². The summed E-state index contributed by atoms with van der Waals surface area (Å²) in [4.78, 5) is 2.21. The molecule has 0 spiro atoms.